The summed E-state index contributed by atoms with van der Waals surface area (Å²) in [4.78, 5) is 13.6. The van der Waals surface area contributed by atoms with Gasteiger partial charge in [0.05, 0.1) is 12.2 Å². The van der Waals surface area contributed by atoms with Crippen LogP contribution in [-0.2, 0) is 9.53 Å². The molecule has 0 bridgehead atoms. The van der Waals surface area contributed by atoms with E-state index < -0.39 is 0 Å². The van der Waals surface area contributed by atoms with E-state index in [1.165, 1.54) is 0 Å². The molecule has 86 valence electrons. The van der Waals surface area contributed by atoms with Crippen LogP contribution < -0.4 is 5.73 Å². The maximum absolute atomic E-state index is 11.9. The second-order valence-electron chi connectivity index (χ2n) is 4.29. The van der Waals surface area contributed by atoms with Gasteiger partial charge in [-0.3, -0.25) is 4.79 Å². The van der Waals surface area contributed by atoms with E-state index in [1.54, 1.807) is 4.90 Å². The molecule has 1 amide bonds. The zero-order valence-electron chi connectivity index (χ0n) is 8.76. The predicted molar refractivity (Wildman–Crippen MR) is 54.2 cm³/mol. The number of hydrogen-bond acceptors (Lipinski definition) is 4. The van der Waals surface area contributed by atoms with Crippen LogP contribution in [-0.4, -0.2) is 53.9 Å². The number of ether oxygens (including phenoxy) is 1. The monoisotopic (exact) mass is 214 g/mol. The van der Waals surface area contributed by atoms with Gasteiger partial charge in [-0.25, -0.2) is 0 Å². The van der Waals surface area contributed by atoms with Gasteiger partial charge in [-0.2, -0.15) is 0 Å². The van der Waals surface area contributed by atoms with Crippen molar-refractivity contribution in [2.24, 2.45) is 5.73 Å². The van der Waals surface area contributed by atoms with Crippen molar-refractivity contribution in [1.82, 2.24) is 4.90 Å². The molecule has 0 aromatic carbocycles. The van der Waals surface area contributed by atoms with Crippen molar-refractivity contribution in [2.45, 2.75) is 37.6 Å². The summed E-state index contributed by atoms with van der Waals surface area (Å²) in [6.45, 7) is 1.57. The largest absolute Gasteiger partial charge is 0.391 e. The Morgan fingerprint density at radius 3 is 2.80 bits per heavy atom. The number of carbonyl (C=O) groups excluding carboxylic acids is 1. The highest BCUT2D eigenvalue weighted by Gasteiger charge is 2.35. The second kappa shape index (κ2) is 4.47. The van der Waals surface area contributed by atoms with Gasteiger partial charge in [-0.15, -0.1) is 0 Å². The van der Waals surface area contributed by atoms with E-state index in [2.05, 4.69) is 0 Å². The van der Waals surface area contributed by atoms with Crippen LogP contribution in [0.5, 0.6) is 0 Å². The molecule has 2 fully saturated rings. The summed E-state index contributed by atoms with van der Waals surface area (Å²) in [7, 11) is 0. The van der Waals surface area contributed by atoms with Crippen molar-refractivity contribution in [3.8, 4) is 0 Å². The Kier molecular flexibility index (Phi) is 3.23. The van der Waals surface area contributed by atoms with Crippen LogP contribution in [0.3, 0.4) is 0 Å². The number of β-amino-alcohol motifs (C(OH)–C–C–N with tert-alkyl or cyclic N) is 1. The zero-order chi connectivity index (χ0) is 10.8. The molecule has 0 aliphatic carbocycles. The molecule has 5 heteroatoms. The van der Waals surface area contributed by atoms with E-state index in [9.17, 15) is 9.90 Å². The highest BCUT2D eigenvalue weighted by molar-refractivity contribution is 5.81. The number of aliphatic hydroxyl groups excluding tert-OH is 1. The van der Waals surface area contributed by atoms with Crippen LogP contribution >= 0.6 is 0 Å². The van der Waals surface area contributed by atoms with Crippen LogP contribution in [0, 0.1) is 0 Å². The lowest BCUT2D eigenvalue weighted by Gasteiger charge is -2.20. The van der Waals surface area contributed by atoms with E-state index in [4.69, 9.17) is 10.5 Å². The minimum atomic E-state index is -0.361. The van der Waals surface area contributed by atoms with Gasteiger partial charge in [-0.05, 0) is 19.3 Å². The molecule has 2 saturated heterocycles. The third kappa shape index (κ3) is 2.30. The van der Waals surface area contributed by atoms with Crippen molar-refractivity contribution in [3.05, 3.63) is 0 Å². The summed E-state index contributed by atoms with van der Waals surface area (Å²) in [6.07, 6.45) is 1.64. The van der Waals surface area contributed by atoms with E-state index in [0.717, 1.165) is 12.8 Å². The van der Waals surface area contributed by atoms with Gasteiger partial charge >= 0.3 is 0 Å². The molecule has 2 heterocycles. The topological polar surface area (TPSA) is 75.8 Å². The average Bonchev–Trinajstić information content (AvgIpc) is 2.84. The number of hydrogen-bond donors (Lipinski definition) is 2. The number of nitrogens with zero attached hydrogens (tertiary/aromatic N) is 1. The maximum atomic E-state index is 11.9. The van der Waals surface area contributed by atoms with Gasteiger partial charge in [-0.1, -0.05) is 0 Å². The fraction of sp³-hybridized carbons (Fsp3) is 0.900. The number of rotatable bonds is 2. The van der Waals surface area contributed by atoms with E-state index in [-0.39, 0.29) is 24.2 Å². The molecule has 3 atom stereocenters. The highest BCUT2D eigenvalue weighted by Crippen LogP contribution is 2.22. The SMILES string of the molecule is NCC1CCC(C(=O)N2CC[C@@H](O)C2)O1. The van der Waals surface area contributed by atoms with Gasteiger partial charge in [0.2, 0.25) is 0 Å². The van der Waals surface area contributed by atoms with Gasteiger partial charge in [0.1, 0.15) is 6.10 Å². The Labute approximate surface area is 89.2 Å². The van der Waals surface area contributed by atoms with Crippen molar-refractivity contribution in [1.29, 1.82) is 0 Å². The summed E-state index contributed by atoms with van der Waals surface area (Å²) in [5, 5.41) is 9.33. The quantitative estimate of drug-likeness (QED) is 0.623. The normalized spacial score (nSPS) is 36.1. The Hall–Kier alpha value is -0.650. The van der Waals surface area contributed by atoms with Crippen molar-refractivity contribution < 1.29 is 14.6 Å². The standard InChI is InChI=1S/C10H18N2O3/c11-5-8-1-2-9(15-8)10(14)12-4-3-7(13)6-12/h7-9,13H,1-6,11H2/t7-,8?,9?/m1/s1. The summed E-state index contributed by atoms with van der Waals surface area (Å²) in [5.41, 5.74) is 5.48. The van der Waals surface area contributed by atoms with Gasteiger partial charge in [0, 0.05) is 19.6 Å². The van der Waals surface area contributed by atoms with Gasteiger partial charge < -0.3 is 20.5 Å². The second-order valence-corrected chi connectivity index (χ2v) is 4.29. The molecule has 2 unspecified atom stereocenters. The average molecular weight is 214 g/mol. The molecular weight excluding hydrogens is 196 g/mol. The number of aliphatic hydroxyl groups is 1. The Balaban J connectivity index is 1.86. The molecule has 3 N–H and O–H groups in total. The van der Waals surface area contributed by atoms with Crippen LogP contribution in [0.4, 0.5) is 0 Å². The van der Waals surface area contributed by atoms with Crippen LogP contribution in [0.1, 0.15) is 19.3 Å². The third-order valence-electron chi connectivity index (χ3n) is 3.12. The van der Waals surface area contributed by atoms with E-state index in [1.807, 2.05) is 0 Å². The van der Waals surface area contributed by atoms with Gasteiger partial charge in [0.15, 0.2) is 0 Å². The number of carbonyl (C=O) groups is 1. The van der Waals surface area contributed by atoms with Crippen molar-refractivity contribution in [2.75, 3.05) is 19.6 Å². The first-order valence-electron chi connectivity index (χ1n) is 5.53. The molecule has 2 rings (SSSR count). The molecule has 2 aliphatic heterocycles. The van der Waals surface area contributed by atoms with Crippen molar-refractivity contribution in [3.63, 3.8) is 0 Å². The van der Waals surface area contributed by atoms with Crippen LogP contribution in [0.25, 0.3) is 0 Å². The van der Waals surface area contributed by atoms with Crippen LogP contribution in [0.15, 0.2) is 0 Å². The molecular formula is C10H18N2O3. The fourth-order valence-electron chi connectivity index (χ4n) is 2.21. The summed E-state index contributed by atoms with van der Waals surface area (Å²) >= 11 is 0. The first-order valence-corrected chi connectivity index (χ1v) is 5.53. The highest BCUT2D eigenvalue weighted by atomic mass is 16.5. The Bertz CT molecular complexity index is 247. The Morgan fingerprint density at radius 1 is 1.47 bits per heavy atom. The summed E-state index contributed by atoms with van der Waals surface area (Å²) < 4.78 is 5.52. The number of amides is 1. The predicted octanol–water partition coefficient (Wildman–Crippen LogP) is -0.914. The fourth-order valence-corrected chi connectivity index (χ4v) is 2.21. The van der Waals surface area contributed by atoms with E-state index in [0.29, 0.717) is 26.1 Å². The van der Waals surface area contributed by atoms with Gasteiger partial charge in [0.25, 0.3) is 5.91 Å². The molecule has 0 radical (unpaired) electrons. The van der Waals surface area contributed by atoms with Crippen molar-refractivity contribution >= 4 is 5.91 Å². The number of nitrogens with two attached hydrogens (primary N) is 1. The first kappa shape index (κ1) is 10.9. The third-order valence-corrected chi connectivity index (χ3v) is 3.12. The lowest BCUT2D eigenvalue weighted by Crippen LogP contribution is -2.38. The van der Waals surface area contributed by atoms with Crippen LogP contribution in [0.2, 0.25) is 0 Å². The van der Waals surface area contributed by atoms with E-state index >= 15 is 0 Å². The minimum absolute atomic E-state index is 0.0162. The first-order chi connectivity index (χ1) is 7.20. The molecule has 2 aliphatic rings. The minimum Gasteiger partial charge on any atom is -0.391 e. The lowest BCUT2D eigenvalue weighted by atomic mass is 10.2. The smallest absolute Gasteiger partial charge is 0.251 e. The molecule has 15 heavy (non-hydrogen) atoms. The summed E-state index contributed by atoms with van der Waals surface area (Å²) in [6, 6.07) is 0. The molecule has 0 aromatic heterocycles. The molecule has 0 aromatic rings. The summed E-state index contributed by atoms with van der Waals surface area (Å²) in [5.74, 6) is 0.0162. The Morgan fingerprint density at radius 2 is 2.27 bits per heavy atom. The molecule has 0 spiro atoms. The maximum Gasteiger partial charge on any atom is 0.251 e. The zero-order valence-corrected chi connectivity index (χ0v) is 8.76. The lowest BCUT2D eigenvalue weighted by molar-refractivity contribution is -0.142. The molecule has 5 nitrogen and oxygen atoms in total. The molecule has 0 saturated carbocycles. The number of likely N-dealkylation sites (tertiary alicyclic amines) is 1.